The van der Waals surface area contributed by atoms with Gasteiger partial charge in [0.1, 0.15) is 19.3 Å². The lowest BCUT2D eigenvalue weighted by Crippen LogP contribution is -2.20. The SMILES string of the molecule is CC(C)C(CC(=O)Nc1ccccc1C#N)c1ccc2c(c1)OCCO2. The smallest absolute Gasteiger partial charge is 0.225 e. The van der Waals surface area contributed by atoms with Crippen LogP contribution in [0.4, 0.5) is 5.69 Å². The zero-order valence-corrected chi connectivity index (χ0v) is 15.0. The van der Waals surface area contributed by atoms with E-state index in [4.69, 9.17) is 14.7 Å². The number of carbonyl (C=O) groups is 1. The molecule has 1 unspecified atom stereocenters. The van der Waals surface area contributed by atoms with Gasteiger partial charge in [-0.15, -0.1) is 0 Å². The van der Waals surface area contributed by atoms with Crippen LogP contribution in [0.2, 0.25) is 0 Å². The number of rotatable bonds is 5. The van der Waals surface area contributed by atoms with Crippen LogP contribution in [0.5, 0.6) is 11.5 Å². The predicted octanol–water partition coefficient (Wildman–Crippen LogP) is 4.10. The van der Waals surface area contributed by atoms with E-state index < -0.39 is 0 Å². The van der Waals surface area contributed by atoms with Crippen molar-refractivity contribution in [2.75, 3.05) is 18.5 Å². The third kappa shape index (κ3) is 3.97. The molecule has 2 aromatic rings. The van der Waals surface area contributed by atoms with Crippen LogP contribution >= 0.6 is 0 Å². The third-order valence-electron chi connectivity index (χ3n) is 4.53. The van der Waals surface area contributed by atoms with Gasteiger partial charge in [0.25, 0.3) is 0 Å². The molecule has 1 amide bonds. The number of hydrogen-bond donors (Lipinski definition) is 1. The third-order valence-corrected chi connectivity index (χ3v) is 4.53. The molecule has 3 rings (SSSR count). The molecule has 0 aliphatic carbocycles. The quantitative estimate of drug-likeness (QED) is 0.881. The highest BCUT2D eigenvalue weighted by molar-refractivity contribution is 5.92. The molecule has 1 heterocycles. The zero-order valence-electron chi connectivity index (χ0n) is 15.0. The van der Waals surface area contributed by atoms with Gasteiger partial charge < -0.3 is 14.8 Å². The molecule has 0 fully saturated rings. The Morgan fingerprint density at radius 3 is 2.62 bits per heavy atom. The minimum absolute atomic E-state index is 0.0417. The van der Waals surface area contributed by atoms with Gasteiger partial charge in [0.15, 0.2) is 11.5 Å². The van der Waals surface area contributed by atoms with Crippen molar-refractivity contribution in [2.45, 2.75) is 26.2 Å². The second kappa shape index (κ2) is 7.92. The molecule has 26 heavy (non-hydrogen) atoms. The van der Waals surface area contributed by atoms with E-state index >= 15 is 0 Å². The molecule has 0 bridgehead atoms. The summed E-state index contributed by atoms with van der Waals surface area (Å²) >= 11 is 0. The van der Waals surface area contributed by atoms with Crippen molar-refractivity contribution >= 4 is 11.6 Å². The van der Waals surface area contributed by atoms with E-state index in [9.17, 15) is 4.79 Å². The second-order valence-electron chi connectivity index (χ2n) is 6.66. The summed E-state index contributed by atoms with van der Waals surface area (Å²) in [5.41, 5.74) is 2.05. The number of anilines is 1. The topological polar surface area (TPSA) is 71.4 Å². The fourth-order valence-corrected chi connectivity index (χ4v) is 3.12. The molecule has 1 aliphatic rings. The minimum Gasteiger partial charge on any atom is -0.486 e. The van der Waals surface area contributed by atoms with Gasteiger partial charge >= 0.3 is 0 Å². The van der Waals surface area contributed by atoms with Crippen LogP contribution in [-0.2, 0) is 4.79 Å². The summed E-state index contributed by atoms with van der Waals surface area (Å²) in [6.45, 7) is 5.28. The average molecular weight is 350 g/mol. The van der Waals surface area contributed by atoms with Gasteiger partial charge in [-0.25, -0.2) is 0 Å². The first-order chi connectivity index (χ1) is 12.6. The lowest BCUT2D eigenvalue weighted by molar-refractivity contribution is -0.116. The molecule has 0 spiro atoms. The molecule has 1 atom stereocenters. The summed E-state index contributed by atoms with van der Waals surface area (Å²) in [4.78, 5) is 12.6. The summed E-state index contributed by atoms with van der Waals surface area (Å²) < 4.78 is 11.2. The molecule has 0 saturated carbocycles. The molecular weight excluding hydrogens is 328 g/mol. The first kappa shape index (κ1) is 17.8. The maximum atomic E-state index is 12.6. The van der Waals surface area contributed by atoms with E-state index in [1.807, 2.05) is 18.2 Å². The van der Waals surface area contributed by atoms with Gasteiger partial charge in [-0.2, -0.15) is 5.26 Å². The van der Waals surface area contributed by atoms with Gasteiger partial charge in [0.05, 0.1) is 11.3 Å². The fourth-order valence-electron chi connectivity index (χ4n) is 3.12. The van der Waals surface area contributed by atoms with Gasteiger partial charge in [-0.3, -0.25) is 4.79 Å². The van der Waals surface area contributed by atoms with Crippen molar-refractivity contribution in [1.29, 1.82) is 5.26 Å². The molecule has 0 saturated heterocycles. The van der Waals surface area contributed by atoms with Crippen molar-refractivity contribution in [3.63, 3.8) is 0 Å². The number of fused-ring (bicyclic) bond motifs is 1. The average Bonchev–Trinajstić information content (AvgIpc) is 2.66. The summed E-state index contributed by atoms with van der Waals surface area (Å²) in [6.07, 6.45) is 0.330. The van der Waals surface area contributed by atoms with E-state index in [-0.39, 0.29) is 17.7 Å². The molecule has 2 aromatic carbocycles. The van der Waals surface area contributed by atoms with Crippen molar-refractivity contribution in [1.82, 2.24) is 0 Å². The Balaban J connectivity index is 1.76. The van der Waals surface area contributed by atoms with E-state index in [0.717, 1.165) is 17.1 Å². The monoisotopic (exact) mass is 350 g/mol. The Kier molecular flexibility index (Phi) is 5.43. The molecule has 5 heteroatoms. The van der Waals surface area contributed by atoms with Crippen molar-refractivity contribution in [3.8, 4) is 17.6 Å². The molecule has 1 N–H and O–H groups in total. The zero-order chi connectivity index (χ0) is 18.5. The minimum atomic E-state index is -0.110. The van der Waals surface area contributed by atoms with Crippen molar-refractivity contribution < 1.29 is 14.3 Å². The van der Waals surface area contributed by atoms with Gasteiger partial charge in [0.2, 0.25) is 5.91 Å². The van der Waals surface area contributed by atoms with Crippen LogP contribution in [0.25, 0.3) is 0 Å². The Labute approximate surface area is 153 Å². The van der Waals surface area contributed by atoms with Crippen molar-refractivity contribution in [3.05, 3.63) is 53.6 Å². The Bertz CT molecular complexity index is 839. The standard InChI is InChI=1S/C21H22N2O3/c1-14(2)17(15-7-8-19-20(11-15)26-10-9-25-19)12-21(24)23-18-6-4-3-5-16(18)13-22/h3-8,11,14,17H,9-10,12H2,1-2H3,(H,23,24). The lowest BCUT2D eigenvalue weighted by Gasteiger charge is -2.24. The lowest BCUT2D eigenvalue weighted by atomic mass is 9.85. The Hall–Kier alpha value is -3.00. The highest BCUT2D eigenvalue weighted by Gasteiger charge is 2.22. The van der Waals surface area contributed by atoms with E-state index in [2.05, 4.69) is 25.2 Å². The van der Waals surface area contributed by atoms with E-state index in [1.54, 1.807) is 24.3 Å². The number of amides is 1. The van der Waals surface area contributed by atoms with Gasteiger partial charge in [-0.1, -0.05) is 32.0 Å². The Morgan fingerprint density at radius 1 is 1.15 bits per heavy atom. The summed E-state index contributed by atoms with van der Waals surface area (Å²) in [5.74, 6) is 1.68. The molecule has 134 valence electrons. The van der Waals surface area contributed by atoms with Crippen LogP contribution in [-0.4, -0.2) is 19.1 Å². The van der Waals surface area contributed by atoms with Crippen LogP contribution in [0.15, 0.2) is 42.5 Å². The summed E-state index contributed by atoms with van der Waals surface area (Å²) in [7, 11) is 0. The molecule has 0 radical (unpaired) electrons. The molecule has 1 aliphatic heterocycles. The van der Waals surface area contributed by atoms with Crippen LogP contribution in [0.3, 0.4) is 0 Å². The molecular formula is C21H22N2O3. The van der Waals surface area contributed by atoms with Crippen LogP contribution < -0.4 is 14.8 Å². The largest absolute Gasteiger partial charge is 0.486 e. The number of ether oxygens (including phenoxy) is 2. The summed E-state index contributed by atoms with van der Waals surface area (Å²) in [5, 5.41) is 12.0. The predicted molar refractivity (Wildman–Crippen MR) is 99.4 cm³/mol. The van der Waals surface area contributed by atoms with Gasteiger partial charge in [-0.05, 0) is 41.7 Å². The fraction of sp³-hybridized carbons (Fsp3) is 0.333. The normalized spacial score (nSPS) is 13.8. The highest BCUT2D eigenvalue weighted by Crippen LogP contribution is 2.36. The number of hydrogen-bond acceptors (Lipinski definition) is 4. The van der Waals surface area contributed by atoms with Crippen LogP contribution in [0, 0.1) is 17.2 Å². The number of nitrogens with one attached hydrogen (secondary N) is 1. The number of nitriles is 1. The summed E-state index contributed by atoms with van der Waals surface area (Å²) in [6, 6.07) is 15.0. The first-order valence-corrected chi connectivity index (χ1v) is 8.77. The Morgan fingerprint density at radius 2 is 1.88 bits per heavy atom. The highest BCUT2D eigenvalue weighted by atomic mass is 16.6. The maximum Gasteiger partial charge on any atom is 0.225 e. The van der Waals surface area contributed by atoms with E-state index in [1.165, 1.54) is 0 Å². The number of para-hydroxylation sites is 1. The van der Waals surface area contributed by atoms with Crippen molar-refractivity contribution in [2.24, 2.45) is 5.92 Å². The number of benzene rings is 2. The molecule has 5 nitrogen and oxygen atoms in total. The van der Waals surface area contributed by atoms with E-state index in [0.29, 0.717) is 30.9 Å². The number of carbonyl (C=O) groups excluding carboxylic acids is 1. The number of nitrogens with zero attached hydrogens (tertiary/aromatic N) is 1. The first-order valence-electron chi connectivity index (χ1n) is 8.77. The maximum absolute atomic E-state index is 12.6. The van der Waals surface area contributed by atoms with Crippen LogP contribution in [0.1, 0.15) is 37.3 Å². The second-order valence-corrected chi connectivity index (χ2v) is 6.66. The van der Waals surface area contributed by atoms with Gasteiger partial charge in [0, 0.05) is 6.42 Å². The molecule has 0 aromatic heterocycles.